The van der Waals surface area contributed by atoms with Crippen LogP contribution in [0.15, 0.2) is 42.6 Å². The fraction of sp³-hybridized carbons (Fsp3) is 0.364. The summed E-state index contributed by atoms with van der Waals surface area (Å²) in [6.07, 6.45) is 7.20. The van der Waals surface area contributed by atoms with Gasteiger partial charge in [-0.05, 0) is 56.3 Å². The summed E-state index contributed by atoms with van der Waals surface area (Å²) in [5.74, 6) is 0.0212. The van der Waals surface area contributed by atoms with Gasteiger partial charge in [0.1, 0.15) is 11.9 Å². The number of hydrogen-bond donors (Lipinski definition) is 1. The SMILES string of the molecule is CN[C@@H](C)CC=Cc1cnc(Cl)c(O[C@@H]2CCN(C(=O)c3ccc(F)cc3)C2)c1. The molecule has 5 nitrogen and oxygen atoms in total. The maximum Gasteiger partial charge on any atom is 0.253 e. The average molecular weight is 418 g/mol. The summed E-state index contributed by atoms with van der Waals surface area (Å²) in [7, 11) is 1.93. The molecule has 0 unspecified atom stereocenters. The minimum atomic E-state index is -0.360. The number of carbonyl (C=O) groups excluding carboxylic acids is 1. The highest BCUT2D eigenvalue weighted by molar-refractivity contribution is 6.30. The van der Waals surface area contributed by atoms with Gasteiger partial charge in [0.05, 0.1) is 6.54 Å². The van der Waals surface area contributed by atoms with Gasteiger partial charge in [-0.25, -0.2) is 9.37 Å². The molecule has 1 aliphatic rings. The predicted molar refractivity (Wildman–Crippen MR) is 113 cm³/mol. The van der Waals surface area contributed by atoms with E-state index in [1.165, 1.54) is 24.3 Å². The Balaban J connectivity index is 1.61. The molecule has 2 aromatic rings. The van der Waals surface area contributed by atoms with Crippen LogP contribution < -0.4 is 10.1 Å². The molecule has 0 spiro atoms. The van der Waals surface area contributed by atoms with Crippen molar-refractivity contribution in [3.05, 3.63) is 64.7 Å². The van der Waals surface area contributed by atoms with Gasteiger partial charge in [0, 0.05) is 30.8 Å². The molecule has 29 heavy (non-hydrogen) atoms. The van der Waals surface area contributed by atoms with E-state index < -0.39 is 0 Å². The van der Waals surface area contributed by atoms with Crippen molar-refractivity contribution in [1.82, 2.24) is 15.2 Å². The van der Waals surface area contributed by atoms with Crippen LogP contribution in [0.5, 0.6) is 5.75 Å². The predicted octanol–water partition coefficient (Wildman–Crippen LogP) is 4.18. The van der Waals surface area contributed by atoms with Gasteiger partial charge >= 0.3 is 0 Å². The van der Waals surface area contributed by atoms with Gasteiger partial charge < -0.3 is 15.0 Å². The smallest absolute Gasteiger partial charge is 0.253 e. The number of nitrogens with zero attached hydrogens (tertiary/aromatic N) is 2. The van der Waals surface area contributed by atoms with Gasteiger partial charge in [0.15, 0.2) is 10.9 Å². The normalized spacial score (nSPS) is 17.7. The fourth-order valence-corrected chi connectivity index (χ4v) is 3.25. The molecule has 1 aliphatic heterocycles. The van der Waals surface area contributed by atoms with Crippen molar-refractivity contribution in [2.45, 2.75) is 31.9 Å². The lowest BCUT2D eigenvalue weighted by atomic mass is 10.2. The Labute approximate surface area is 175 Å². The molecule has 1 aromatic carbocycles. The van der Waals surface area contributed by atoms with Crippen molar-refractivity contribution in [1.29, 1.82) is 0 Å². The standard InChI is InChI=1S/C22H25ClFN3O2/c1-15(25-2)4-3-5-16-12-20(21(23)26-13-16)29-19-10-11-27(14-19)22(28)17-6-8-18(24)9-7-17/h3,5-9,12-13,15,19,25H,4,10-11,14H2,1-2H3/t15-,19+/m0/s1. The van der Waals surface area contributed by atoms with Crippen molar-refractivity contribution in [3.8, 4) is 5.75 Å². The largest absolute Gasteiger partial charge is 0.485 e. The first kappa shape index (κ1) is 21.3. The molecule has 1 saturated heterocycles. The summed E-state index contributed by atoms with van der Waals surface area (Å²) >= 11 is 6.20. The second-order valence-corrected chi connectivity index (χ2v) is 7.53. The van der Waals surface area contributed by atoms with Crippen molar-refractivity contribution < 1.29 is 13.9 Å². The number of amides is 1. The molecule has 154 valence electrons. The first-order valence-corrected chi connectivity index (χ1v) is 10.0. The molecule has 1 aromatic heterocycles. The Kier molecular flexibility index (Phi) is 7.23. The molecular formula is C22H25ClFN3O2. The van der Waals surface area contributed by atoms with Gasteiger partial charge in [-0.3, -0.25) is 4.79 Å². The highest BCUT2D eigenvalue weighted by atomic mass is 35.5. The van der Waals surface area contributed by atoms with E-state index in [0.717, 1.165) is 12.0 Å². The van der Waals surface area contributed by atoms with Crippen molar-refractivity contribution >= 4 is 23.6 Å². The molecule has 0 bridgehead atoms. The Morgan fingerprint density at radius 1 is 1.45 bits per heavy atom. The second-order valence-electron chi connectivity index (χ2n) is 7.17. The van der Waals surface area contributed by atoms with Crippen molar-refractivity contribution in [2.75, 3.05) is 20.1 Å². The van der Waals surface area contributed by atoms with E-state index in [1.54, 1.807) is 11.1 Å². The summed E-state index contributed by atoms with van der Waals surface area (Å²) in [6.45, 7) is 3.14. The minimum absolute atomic E-state index is 0.129. The summed E-state index contributed by atoms with van der Waals surface area (Å²) in [5, 5.41) is 3.48. The van der Waals surface area contributed by atoms with Crippen LogP contribution >= 0.6 is 11.6 Å². The van der Waals surface area contributed by atoms with Gasteiger partial charge in [0.2, 0.25) is 0 Å². The molecule has 1 fully saturated rings. The number of hydrogen-bond acceptors (Lipinski definition) is 4. The van der Waals surface area contributed by atoms with E-state index >= 15 is 0 Å². The number of pyridine rings is 1. The molecular weight excluding hydrogens is 393 g/mol. The highest BCUT2D eigenvalue weighted by Gasteiger charge is 2.29. The number of carbonyl (C=O) groups is 1. The molecule has 3 rings (SSSR count). The Morgan fingerprint density at radius 3 is 2.93 bits per heavy atom. The zero-order valence-electron chi connectivity index (χ0n) is 16.6. The number of nitrogens with one attached hydrogen (secondary N) is 1. The monoisotopic (exact) mass is 417 g/mol. The zero-order valence-corrected chi connectivity index (χ0v) is 17.3. The third kappa shape index (κ3) is 5.78. The van der Waals surface area contributed by atoms with Gasteiger partial charge in [-0.1, -0.05) is 23.8 Å². The maximum absolute atomic E-state index is 13.1. The minimum Gasteiger partial charge on any atom is -0.485 e. The maximum atomic E-state index is 13.1. The number of aromatic nitrogens is 1. The molecule has 2 heterocycles. The molecule has 7 heteroatoms. The van der Waals surface area contributed by atoms with E-state index in [0.29, 0.717) is 42.0 Å². The van der Waals surface area contributed by atoms with Crippen LogP contribution in [0.2, 0.25) is 5.15 Å². The Morgan fingerprint density at radius 2 is 2.21 bits per heavy atom. The molecule has 2 atom stereocenters. The van der Waals surface area contributed by atoms with Gasteiger partial charge in [-0.2, -0.15) is 0 Å². The topological polar surface area (TPSA) is 54.5 Å². The van der Waals surface area contributed by atoms with Crippen LogP contribution in [-0.2, 0) is 0 Å². The number of likely N-dealkylation sites (tertiary alicyclic amines) is 1. The fourth-order valence-electron chi connectivity index (χ4n) is 3.11. The van der Waals surface area contributed by atoms with E-state index in [4.69, 9.17) is 16.3 Å². The van der Waals surface area contributed by atoms with E-state index in [1.807, 2.05) is 19.2 Å². The molecule has 1 amide bonds. The molecule has 0 saturated carbocycles. The van der Waals surface area contributed by atoms with Crippen LogP contribution in [0.25, 0.3) is 6.08 Å². The zero-order chi connectivity index (χ0) is 20.8. The third-order valence-corrected chi connectivity index (χ3v) is 5.22. The van der Waals surface area contributed by atoms with E-state index in [2.05, 4.69) is 23.3 Å². The Bertz CT molecular complexity index is 873. The number of benzene rings is 1. The first-order chi connectivity index (χ1) is 14.0. The summed E-state index contributed by atoms with van der Waals surface area (Å²) in [6, 6.07) is 7.83. The van der Waals surface area contributed by atoms with E-state index in [9.17, 15) is 9.18 Å². The summed E-state index contributed by atoms with van der Waals surface area (Å²) < 4.78 is 19.1. The van der Waals surface area contributed by atoms with Crippen molar-refractivity contribution in [2.24, 2.45) is 0 Å². The van der Waals surface area contributed by atoms with Crippen molar-refractivity contribution in [3.63, 3.8) is 0 Å². The lowest BCUT2D eigenvalue weighted by molar-refractivity contribution is 0.0772. The van der Waals surface area contributed by atoms with Crippen LogP contribution in [0.1, 0.15) is 35.7 Å². The number of rotatable bonds is 7. The van der Waals surface area contributed by atoms with Gasteiger partial charge in [0.25, 0.3) is 5.91 Å². The Hall–Kier alpha value is -2.44. The first-order valence-electron chi connectivity index (χ1n) is 9.67. The number of halogens is 2. The van der Waals surface area contributed by atoms with Crippen LogP contribution in [0, 0.1) is 5.82 Å². The molecule has 1 N–H and O–H groups in total. The quantitative estimate of drug-likeness (QED) is 0.687. The second kappa shape index (κ2) is 9.85. The average Bonchev–Trinajstić information content (AvgIpc) is 3.18. The van der Waals surface area contributed by atoms with E-state index in [-0.39, 0.29) is 17.8 Å². The van der Waals surface area contributed by atoms with Crippen LogP contribution in [-0.4, -0.2) is 48.1 Å². The molecule has 0 radical (unpaired) electrons. The lowest BCUT2D eigenvalue weighted by Gasteiger charge is -2.18. The van der Waals surface area contributed by atoms with Crippen LogP contribution in [0.3, 0.4) is 0 Å². The van der Waals surface area contributed by atoms with Crippen LogP contribution in [0.4, 0.5) is 4.39 Å². The van der Waals surface area contributed by atoms with Gasteiger partial charge in [-0.15, -0.1) is 0 Å². The summed E-state index contributed by atoms with van der Waals surface area (Å²) in [5.41, 5.74) is 1.37. The summed E-state index contributed by atoms with van der Waals surface area (Å²) in [4.78, 5) is 18.5. The number of ether oxygens (including phenoxy) is 1. The third-order valence-electron chi connectivity index (χ3n) is 4.94. The lowest BCUT2D eigenvalue weighted by Crippen LogP contribution is -2.31. The molecule has 0 aliphatic carbocycles. The highest BCUT2D eigenvalue weighted by Crippen LogP contribution is 2.27.